The van der Waals surface area contributed by atoms with Crippen molar-refractivity contribution in [3.63, 3.8) is 0 Å². The highest BCUT2D eigenvalue weighted by Crippen LogP contribution is 2.11. The van der Waals surface area contributed by atoms with Gasteiger partial charge in [0.1, 0.15) is 12.2 Å². The number of amides is 1. The van der Waals surface area contributed by atoms with E-state index >= 15 is 0 Å². The zero-order chi connectivity index (χ0) is 20.5. The van der Waals surface area contributed by atoms with Gasteiger partial charge in [-0.1, -0.05) is 30.3 Å². The highest BCUT2D eigenvalue weighted by Gasteiger charge is 2.23. The first-order valence-electron chi connectivity index (χ1n) is 9.60. The second kappa shape index (κ2) is 7.67. The molecule has 0 spiro atoms. The molecule has 3 heterocycles. The normalized spacial score (nSPS) is 15.2. The average Bonchev–Trinajstić information content (AvgIpc) is 3.15. The van der Waals surface area contributed by atoms with Crippen LogP contribution in [0.3, 0.4) is 0 Å². The van der Waals surface area contributed by atoms with Gasteiger partial charge in [0, 0.05) is 46.8 Å². The predicted molar refractivity (Wildman–Crippen MR) is 109 cm³/mol. The lowest BCUT2D eigenvalue weighted by atomic mass is 10.2. The molecule has 29 heavy (non-hydrogen) atoms. The molecule has 3 aromatic rings. The van der Waals surface area contributed by atoms with Gasteiger partial charge in [0.15, 0.2) is 5.52 Å². The van der Waals surface area contributed by atoms with E-state index in [0.717, 1.165) is 24.2 Å². The third kappa shape index (κ3) is 3.61. The van der Waals surface area contributed by atoms with Gasteiger partial charge in [-0.05, 0) is 5.56 Å². The molecule has 1 amide bonds. The minimum absolute atomic E-state index is 0.0446. The summed E-state index contributed by atoms with van der Waals surface area (Å²) in [4.78, 5) is 45.6. The summed E-state index contributed by atoms with van der Waals surface area (Å²) in [5, 5.41) is 0. The molecule has 1 saturated heterocycles. The number of carbonyl (C=O) groups excluding carboxylic acids is 1. The Morgan fingerprint density at radius 1 is 1.00 bits per heavy atom. The van der Waals surface area contributed by atoms with Crippen molar-refractivity contribution in [3.8, 4) is 0 Å². The van der Waals surface area contributed by atoms with Crippen LogP contribution >= 0.6 is 0 Å². The molecule has 0 bridgehead atoms. The summed E-state index contributed by atoms with van der Waals surface area (Å²) in [5.74, 6) is -0.0446. The summed E-state index contributed by atoms with van der Waals surface area (Å²) in [7, 11) is 3.00. The molecule has 2 aromatic heterocycles. The second-order valence-electron chi connectivity index (χ2n) is 7.39. The highest BCUT2D eigenvalue weighted by atomic mass is 16.2. The van der Waals surface area contributed by atoms with Gasteiger partial charge in [-0.15, -0.1) is 0 Å². The first-order chi connectivity index (χ1) is 14.0. The average molecular weight is 396 g/mol. The van der Waals surface area contributed by atoms with Crippen LogP contribution in [0.5, 0.6) is 0 Å². The van der Waals surface area contributed by atoms with Gasteiger partial charge in [0.05, 0.1) is 6.33 Å². The van der Waals surface area contributed by atoms with Crippen LogP contribution in [0.2, 0.25) is 0 Å². The standard InChI is InChI=1S/C20H24N6O3/c1-22-18-17(19(28)23(2)20(22)29)21-14-26(18)13-16(27)25-10-8-24(9-11-25)12-15-6-4-3-5-7-15/h3-7,14H,8-13H2,1-2H3. The van der Waals surface area contributed by atoms with Gasteiger partial charge >= 0.3 is 5.69 Å². The molecule has 0 saturated carbocycles. The van der Waals surface area contributed by atoms with Crippen LogP contribution < -0.4 is 11.2 Å². The summed E-state index contributed by atoms with van der Waals surface area (Å²) in [6.45, 7) is 3.85. The highest BCUT2D eigenvalue weighted by molar-refractivity contribution is 5.79. The maximum absolute atomic E-state index is 12.8. The first kappa shape index (κ1) is 19.1. The lowest BCUT2D eigenvalue weighted by Crippen LogP contribution is -2.49. The predicted octanol–water partition coefficient (Wildman–Crippen LogP) is -0.222. The summed E-state index contributed by atoms with van der Waals surface area (Å²) in [5.41, 5.74) is 0.930. The Bertz CT molecular complexity index is 1150. The maximum atomic E-state index is 12.8. The van der Waals surface area contributed by atoms with Crippen LogP contribution in [0, 0.1) is 0 Å². The molecule has 4 rings (SSSR count). The van der Waals surface area contributed by atoms with Crippen LogP contribution in [0.25, 0.3) is 11.2 Å². The zero-order valence-corrected chi connectivity index (χ0v) is 16.6. The number of fused-ring (bicyclic) bond motifs is 1. The smallest absolute Gasteiger partial charge is 0.332 e. The lowest BCUT2D eigenvalue weighted by molar-refractivity contribution is -0.133. The number of benzene rings is 1. The summed E-state index contributed by atoms with van der Waals surface area (Å²) >= 11 is 0. The Hall–Kier alpha value is -3.20. The van der Waals surface area contributed by atoms with E-state index < -0.39 is 11.2 Å². The molecule has 152 valence electrons. The molecule has 1 fully saturated rings. The topological polar surface area (TPSA) is 85.4 Å². The van der Waals surface area contributed by atoms with Crippen LogP contribution in [0.4, 0.5) is 0 Å². The number of carbonyl (C=O) groups is 1. The van der Waals surface area contributed by atoms with Crippen molar-refractivity contribution in [1.82, 2.24) is 28.5 Å². The molecule has 9 nitrogen and oxygen atoms in total. The lowest BCUT2D eigenvalue weighted by Gasteiger charge is -2.34. The number of rotatable bonds is 4. The van der Waals surface area contributed by atoms with Gasteiger partial charge in [0.25, 0.3) is 5.56 Å². The van der Waals surface area contributed by atoms with Crippen molar-refractivity contribution in [2.75, 3.05) is 26.2 Å². The van der Waals surface area contributed by atoms with E-state index in [1.165, 1.54) is 23.5 Å². The second-order valence-corrected chi connectivity index (χ2v) is 7.39. The van der Waals surface area contributed by atoms with Crippen LogP contribution in [0.15, 0.2) is 46.2 Å². The van der Waals surface area contributed by atoms with Crippen LogP contribution in [-0.2, 0) is 32.0 Å². The first-order valence-corrected chi connectivity index (χ1v) is 9.60. The van der Waals surface area contributed by atoms with Crippen molar-refractivity contribution in [3.05, 3.63) is 63.1 Å². The monoisotopic (exact) mass is 396 g/mol. The van der Waals surface area contributed by atoms with Gasteiger partial charge < -0.3 is 9.47 Å². The number of aryl methyl sites for hydroxylation is 1. The van der Waals surface area contributed by atoms with Crippen molar-refractivity contribution < 1.29 is 4.79 Å². The number of nitrogens with zero attached hydrogens (tertiary/aromatic N) is 6. The molecule has 0 atom stereocenters. The Balaban J connectivity index is 1.44. The van der Waals surface area contributed by atoms with Crippen molar-refractivity contribution >= 4 is 17.1 Å². The van der Waals surface area contributed by atoms with Gasteiger partial charge in [0.2, 0.25) is 5.91 Å². The minimum atomic E-state index is -0.455. The van der Waals surface area contributed by atoms with Crippen molar-refractivity contribution in [1.29, 1.82) is 0 Å². The third-order valence-corrected chi connectivity index (χ3v) is 5.49. The molecule has 0 N–H and O–H groups in total. The Labute approximate surface area is 167 Å². The fourth-order valence-corrected chi connectivity index (χ4v) is 3.80. The largest absolute Gasteiger partial charge is 0.339 e. The summed E-state index contributed by atoms with van der Waals surface area (Å²) in [6, 6.07) is 10.3. The van der Waals surface area contributed by atoms with E-state index in [1.807, 2.05) is 23.1 Å². The Morgan fingerprint density at radius 3 is 2.38 bits per heavy atom. The Kier molecular flexibility index (Phi) is 5.06. The van der Waals surface area contributed by atoms with Gasteiger partial charge in [-0.2, -0.15) is 0 Å². The maximum Gasteiger partial charge on any atom is 0.332 e. The third-order valence-electron chi connectivity index (χ3n) is 5.49. The van der Waals surface area contributed by atoms with Crippen LogP contribution in [0.1, 0.15) is 5.56 Å². The molecule has 0 aliphatic carbocycles. The SMILES string of the molecule is Cn1c(=O)c2ncn(CC(=O)N3CCN(Cc4ccccc4)CC3)c2n(C)c1=O. The fraction of sp³-hybridized carbons (Fsp3) is 0.400. The van der Waals surface area contributed by atoms with Gasteiger partial charge in [-0.3, -0.25) is 23.6 Å². The van der Waals surface area contributed by atoms with Crippen molar-refractivity contribution in [2.24, 2.45) is 14.1 Å². The summed E-state index contributed by atoms with van der Waals surface area (Å²) in [6.07, 6.45) is 1.45. The van der Waals surface area contributed by atoms with E-state index in [0.29, 0.717) is 18.7 Å². The van der Waals surface area contributed by atoms with E-state index in [-0.39, 0.29) is 18.0 Å². The molecule has 9 heteroatoms. The molecule has 0 radical (unpaired) electrons. The molecular formula is C20H24N6O3. The fourth-order valence-electron chi connectivity index (χ4n) is 3.80. The van der Waals surface area contributed by atoms with E-state index in [4.69, 9.17) is 0 Å². The number of hydrogen-bond donors (Lipinski definition) is 0. The number of aromatic nitrogens is 4. The number of hydrogen-bond acceptors (Lipinski definition) is 5. The number of piperazine rings is 1. The van der Waals surface area contributed by atoms with E-state index in [1.54, 1.807) is 11.6 Å². The molecule has 1 aromatic carbocycles. The molecule has 1 aliphatic rings. The minimum Gasteiger partial charge on any atom is -0.339 e. The van der Waals surface area contributed by atoms with Gasteiger partial charge in [-0.25, -0.2) is 9.78 Å². The van der Waals surface area contributed by atoms with Crippen molar-refractivity contribution in [2.45, 2.75) is 13.1 Å². The quantitative estimate of drug-likeness (QED) is 0.609. The molecule has 0 unspecified atom stereocenters. The van der Waals surface area contributed by atoms with Crippen LogP contribution in [-0.4, -0.2) is 60.6 Å². The molecule has 1 aliphatic heterocycles. The Morgan fingerprint density at radius 2 is 1.69 bits per heavy atom. The summed E-state index contributed by atoms with van der Waals surface area (Å²) < 4.78 is 3.96. The molecular weight excluding hydrogens is 372 g/mol. The number of imidazole rings is 1. The van der Waals surface area contributed by atoms with E-state index in [2.05, 4.69) is 22.0 Å². The zero-order valence-electron chi connectivity index (χ0n) is 16.6. The van der Waals surface area contributed by atoms with E-state index in [9.17, 15) is 14.4 Å².